The molecule has 1 aromatic rings. The second-order valence-electron chi connectivity index (χ2n) is 6.02. The predicted octanol–water partition coefficient (Wildman–Crippen LogP) is 3.11. The molecule has 4 nitrogen and oxygen atoms in total. The average molecular weight is 248 g/mol. The summed E-state index contributed by atoms with van der Waals surface area (Å²) in [7, 11) is 0. The van der Waals surface area contributed by atoms with Gasteiger partial charge < -0.3 is 10.4 Å². The number of aromatic nitrogens is 1. The highest BCUT2D eigenvalue weighted by Crippen LogP contribution is 2.46. The molecule has 0 amide bonds. The molecular weight excluding hydrogens is 228 g/mol. The van der Waals surface area contributed by atoms with Crippen LogP contribution in [0.5, 0.6) is 0 Å². The zero-order valence-electron chi connectivity index (χ0n) is 11.3. The van der Waals surface area contributed by atoms with Gasteiger partial charge in [0.25, 0.3) is 0 Å². The van der Waals surface area contributed by atoms with Crippen molar-refractivity contribution in [2.45, 2.75) is 46.1 Å². The van der Waals surface area contributed by atoms with Gasteiger partial charge in [0.1, 0.15) is 5.82 Å². The highest BCUT2D eigenvalue weighted by molar-refractivity contribution is 5.88. The third kappa shape index (κ3) is 2.63. The van der Waals surface area contributed by atoms with Gasteiger partial charge in [-0.15, -0.1) is 0 Å². The summed E-state index contributed by atoms with van der Waals surface area (Å²) in [5.74, 6) is -0.0105. The topological polar surface area (TPSA) is 62.2 Å². The quantitative estimate of drug-likeness (QED) is 0.859. The van der Waals surface area contributed by atoms with Crippen molar-refractivity contribution >= 4 is 11.8 Å². The van der Waals surface area contributed by atoms with E-state index in [0.29, 0.717) is 22.8 Å². The Bertz CT molecular complexity index is 481. The summed E-state index contributed by atoms with van der Waals surface area (Å²) in [4.78, 5) is 15.6. The number of anilines is 1. The maximum absolute atomic E-state index is 11.1. The molecule has 2 N–H and O–H groups in total. The van der Waals surface area contributed by atoms with Gasteiger partial charge in [-0.25, -0.2) is 9.78 Å². The number of carboxylic acids is 1. The van der Waals surface area contributed by atoms with Gasteiger partial charge in [0, 0.05) is 11.7 Å². The molecule has 4 heteroatoms. The summed E-state index contributed by atoms with van der Waals surface area (Å²) in [6, 6.07) is 3.66. The van der Waals surface area contributed by atoms with Gasteiger partial charge in [-0.3, -0.25) is 0 Å². The Hall–Kier alpha value is -1.58. The molecule has 1 aromatic heterocycles. The van der Waals surface area contributed by atoms with E-state index in [0.717, 1.165) is 12.1 Å². The zero-order chi connectivity index (χ0) is 13.5. The normalized spacial score (nSPS) is 20.8. The maximum Gasteiger partial charge on any atom is 0.335 e. The van der Waals surface area contributed by atoms with Crippen molar-refractivity contribution in [1.82, 2.24) is 4.98 Å². The molecular formula is C14H20N2O2. The van der Waals surface area contributed by atoms with Crippen LogP contribution in [0.1, 0.15) is 56.1 Å². The summed E-state index contributed by atoms with van der Waals surface area (Å²) in [6.07, 6.45) is 1.10. The number of carboxylic acid groups (broad SMARTS) is 1. The Labute approximate surface area is 107 Å². The van der Waals surface area contributed by atoms with Gasteiger partial charge in [-0.2, -0.15) is 0 Å². The minimum absolute atomic E-state index is 0.220. The number of nitrogens with one attached hydrogen (secondary N) is 1. The van der Waals surface area contributed by atoms with Crippen LogP contribution in [0.25, 0.3) is 0 Å². The Morgan fingerprint density at radius 1 is 1.50 bits per heavy atom. The van der Waals surface area contributed by atoms with Crippen LogP contribution in [0.4, 0.5) is 5.82 Å². The lowest BCUT2D eigenvalue weighted by molar-refractivity contribution is 0.0696. The van der Waals surface area contributed by atoms with E-state index >= 15 is 0 Å². The number of carbonyl (C=O) groups is 1. The van der Waals surface area contributed by atoms with Crippen LogP contribution < -0.4 is 5.32 Å². The third-order valence-corrected chi connectivity index (χ3v) is 3.52. The van der Waals surface area contributed by atoms with Crippen molar-refractivity contribution in [3.05, 3.63) is 23.4 Å². The first-order chi connectivity index (χ1) is 8.29. The van der Waals surface area contributed by atoms with Crippen molar-refractivity contribution in [1.29, 1.82) is 0 Å². The van der Waals surface area contributed by atoms with E-state index in [2.05, 4.69) is 24.1 Å². The van der Waals surface area contributed by atoms with Crippen molar-refractivity contribution in [3.8, 4) is 0 Å². The molecule has 0 aliphatic heterocycles. The van der Waals surface area contributed by atoms with Gasteiger partial charge in [0.2, 0.25) is 0 Å². The number of hydrogen-bond acceptors (Lipinski definition) is 3. The van der Waals surface area contributed by atoms with E-state index in [4.69, 9.17) is 5.11 Å². The van der Waals surface area contributed by atoms with Crippen LogP contribution in [-0.4, -0.2) is 22.1 Å². The summed E-state index contributed by atoms with van der Waals surface area (Å²) < 4.78 is 0. The lowest BCUT2D eigenvalue weighted by Gasteiger charge is -2.12. The van der Waals surface area contributed by atoms with Crippen LogP contribution in [0, 0.1) is 5.41 Å². The van der Waals surface area contributed by atoms with Crippen molar-refractivity contribution in [3.63, 3.8) is 0 Å². The molecule has 0 aromatic carbocycles. The maximum atomic E-state index is 11.1. The SMILES string of the molecule is CC(C)c1cc(C(=O)O)cc(NC2CC2(C)C)n1. The fourth-order valence-corrected chi connectivity index (χ4v) is 1.94. The predicted molar refractivity (Wildman–Crippen MR) is 71.1 cm³/mol. The largest absolute Gasteiger partial charge is 0.478 e. The highest BCUT2D eigenvalue weighted by atomic mass is 16.4. The molecule has 1 atom stereocenters. The van der Waals surface area contributed by atoms with Gasteiger partial charge in [-0.05, 0) is 29.9 Å². The average Bonchev–Trinajstić information content (AvgIpc) is 2.85. The number of pyridine rings is 1. The van der Waals surface area contributed by atoms with Crippen molar-refractivity contribution in [2.75, 3.05) is 5.32 Å². The first-order valence-electron chi connectivity index (χ1n) is 6.31. The number of hydrogen-bond donors (Lipinski definition) is 2. The lowest BCUT2D eigenvalue weighted by Crippen LogP contribution is -2.12. The summed E-state index contributed by atoms with van der Waals surface area (Å²) in [6.45, 7) is 8.40. The molecule has 1 saturated carbocycles. The van der Waals surface area contributed by atoms with Crippen LogP contribution in [0.3, 0.4) is 0 Å². The molecule has 98 valence electrons. The molecule has 0 saturated heterocycles. The van der Waals surface area contributed by atoms with Gasteiger partial charge in [0.15, 0.2) is 0 Å². The standard InChI is InChI=1S/C14H20N2O2/c1-8(2)10-5-9(13(17)18)6-12(15-10)16-11-7-14(11,3)4/h5-6,8,11H,7H2,1-4H3,(H,15,16)(H,17,18). The number of nitrogens with zero attached hydrogens (tertiary/aromatic N) is 1. The third-order valence-electron chi connectivity index (χ3n) is 3.52. The first-order valence-corrected chi connectivity index (χ1v) is 6.31. The Balaban J connectivity index is 2.26. The van der Waals surface area contributed by atoms with Gasteiger partial charge in [0.05, 0.1) is 5.56 Å². The Morgan fingerprint density at radius 2 is 2.11 bits per heavy atom. The molecule has 1 heterocycles. The van der Waals surface area contributed by atoms with Crippen molar-refractivity contribution in [2.24, 2.45) is 5.41 Å². The zero-order valence-corrected chi connectivity index (χ0v) is 11.3. The van der Waals surface area contributed by atoms with E-state index in [1.54, 1.807) is 12.1 Å². The number of aromatic carboxylic acids is 1. The second kappa shape index (κ2) is 4.26. The van der Waals surface area contributed by atoms with Crippen molar-refractivity contribution < 1.29 is 9.90 Å². The number of rotatable bonds is 4. The highest BCUT2D eigenvalue weighted by Gasteiger charge is 2.45. The molecule has 1 unspecified atom stereocenters. The minimum Gasteiger partial charge on any atom is -0.478 e. The van der Waals surface area contributed by atoms with E-state index < -0.39 is 5.97 Å². The van der Waals surface area contributed by atoms with Gasteiger partial charge >= 0.3 is 5.97 Å². The molecule has 0 radical (unpaired) electrons. The monoisotopic (exact) mass is 248 g/mol. The fraction of sp³-hybridized carbons (Fsp3) is 0.571. The smallest absolute Gasteiger partial charge is 0.335 e. The van der Waals surface area contributed by atoms with Crippen LogP contribution in [0.2, 0.25) is 0 Å². The van der Waals surface area contributed by atoms with E-state index in [1.807, 2.05) is 13.8 Å². The lowest BCUT2D eigenvalue weighted by atomic mass is 10.1. The Morgan fingerprint density at radius 3 is 2.56 bits per heavy atom. The Kier molecular flexibility index (Phi) is 3.05. The van der Waals surface area contributed by atoms with Crippen LogP contribution >= 0.6 is 0 Å². The molecule has 2 rings (SSSR count). The molecule has 0 bridgehead atoms. The molecule has 1 aliphatic rings. The van der Waals surface area contributed by atoms with Gasteiger partial charge in [-0.1, -0.05) is 27.7 Å². The summed E-state index contributed by atoms with van der Waals surface area (Å²) in [5.41, 5.74) is 1.41. The van der Waals surface area contributed by atoms with E-state index in [1.165, 1.54) is 0 Å². The van der Waals surface area contributed by atoms with E-state index in [9.17, 15) is 4.79 Å². The van der Waals surface area contributed by atoms with Crippen LogP contribution in [0.15, 0.2) is 12.1 Å². The summed E-state index contributed by atoms with van der Waals surface area (Å²) >= 11 is 0. The first kappa shape index (κ1) is 12.9. The van der Waals surface area contributed by atoms with E-state index in [-0.39, 0.29) is 5.92 Å². The second-order valence-corrected chi connectivity index (χ2v) is 6.02. The molecule has 18 heavy (non-hydrogen) atoms. The summed E-state index contributed by atoms with van der Waals surface area (Å²) in [5, 5.41) is 12.4. The van der Waals surface area contributed by atoms with Crippen LogP contribution in [-0.2, 0) is 0 Å². The minimum atomic E-state index is -0.905. The molecule has 0 spiro atoms. The molecule has 1 aliphatic carbocycles. The fourth-order valence-electron chi connectivity index (χ4n) is 1.94. The molecule has 1 fully saturated rings.